The summed E-state index contributed by atoms with van der Waals surface area (Å²) in [5, 5.41) is 0. The topological polar surface area (TPSA) is 34.1 Å². The molecule has 0 aromatic heterocycles. The molecular formula is C10H14O2. The predicted octanol–water partition coefficient (Wildman–Crippen LogP) is 1.89. The van der Waals surface area contributed by atoms with Crippen molar-refractivity contribution in [1.29, 1.82) is 0 Å². The van der Waals surface area contributed by atoms with Gasteiger partial charge in [0.05, 0.1) is 5.57 Å². The summed E-state index contributed by atoms with van der Waals surface area (Å²) in [4.78, 5) is 22.7. The molecule has 0 N–H and O–H groups in total. The number of Topliss-reactive ketones (excluding diaryl/α,β-unsaturated/α-hetero) is 2. The maximum Gasteiger partial charge on any atom is 0.166 e. The first-order chi connectivity index (χ1) is 5.46. The van der Waals surface area contributed by atoms with Gasteiger partial charge in [-0.2, -0.15) is 0 Å². The lowest BCUT2D eigenvalue weighted by Gasteiger charge is -2.28. The Bertz CT molecular complexity index is 237. The zero-order chi connectivity index (χ0) is 9.35. The van der Waals surface area contributed by atoms with E-state index in [0.29, 0.717) is 18.4 Å². The third kappa shape index (κ3) is 1.63. The Balaban J connectivity index is 2.93. The van der Waals surface area contributed by atoms with Gasteiger partial charge >= 0.3 is 0 Å². The Hall–Kier alpha value is -0.920. The molecule has 0 aromatic rings. The van der Waals surface area contributed by atoms with Crippen LogP contribution in [0.25, 0.3) is 0 Å². The van der Waals surface area contributed by atoms with Crippen molar-refractivity contribution < 1.29 is 9.59 Å². The summed E-state index contributed by atoms with van der Waals surface area (Å²) in [6.07, 6.45) is 2.62. The second-order valence-electron chi connectivity index (χ2n) is 4.07. The molecule has 1 saturated carbocycles. The lowest BCUT2D eigenvalue weighted by Crippen LogP contribution is -2.31. The fraction of sp³-hybridized carbons (Fsp3) is 0.600. The molecule has 0 spiro atoms. The maximum atomic E-state index is 11.4. The van der Waals surface area contributed by atoms with Crippen LogP contribution < -0.4 is 0 Å². The molecule has 1 aliphatic rings. The molecule has 0 saturated heterocycles. The second-order valence-corrected chi connectivity index (χ2v) is 4.07. The van der Waals surface area contributed by atoms with Crippen molar-refractivity contribution in [2.24, 2.45) is 5.41 Å². The van der Waals surface area contributed by atoms with Crippen LogP contribution in [-0.2, 0) is 9.59 Å². The summed E-state index contributed by atoms with van der Waals surface area (Å²) in [6.45, 7) is 5.65. The minimum atomic E-state index is -0.138. The summed E-state index contributed by atoms with van der Waals surface area (Å²) >= 11 is 0. The lowest BCUT2D eigenvalue weighted by atomic mass is 9.74. The van der Waals surface area contributed by atoms with Crippen molar-refractivity contribution >= 4 is 11.6 Å². The Morgan fingerprint density at radius 3 is 1.92 bits per heavy atom. The van der Waals surface area contributed by atoms with Crippen LogP contribution in [0, 0.1) is 5.41 Å². The van der Waals surface area contributed by atoms with Crippen LogP contribution in [-0.4, -0.2) is 11.6 Å². The van der Waals surface area contributed by atoms with E-state index in [-0.39, 0.29) is 17.0 Å². The average molecular weight is 166 g/mol. The minimum Gasteiger partial charge on any atom is -0.294 e. The lowest BCUT2D eigenvalue weighted by molar-refractivity contribution is -0.127. The number of ketones is 2. The number of carbonyl (C=O) groups is 2. The Labute approximate surface area is 72.7 Å². The number of carbonyl (C=O) groups excluding carboxylic acids is 2. The van der Waals surface area contributed by atoms with Gasteiger partial charge in [-0.3, -0.25) is 9.59 Å². The monoisotopic (exact) mass is 166 g/mol. The van der Waals surface area contributed by atoms with Crippen molar-refractivity contribution in [3.63, 3.8) is 0 Å². The van der Waals surface area contributed by atoms with E-state index in [1.54, 1.807) is 13.0 Å². The predicted molar refractivity (Wildman–Crippen MR) is 46.8 cm³/mol. The van der Waals surface area contributed by atoms with Gasteiger partial charge in [0.15, 0.2) is 11.6 Å². The zero-order valence-corrected chi connectivity index (χ0v) is 7.81. The summed E-state index contributed by atoms with van der Waals surface area (Å²) < 4.78 is 0. The highest BCUT2D eigenvalue weighted by Crippen LogP contribution is 2.33. The molecule has 0 aromatic carbocycles. The van der Waals surface area contributed by atoms with Gasteiger partial charge in [0.1, 0.15) is 0 Å². The molecule has 0 bridgehead atoms. The molecule has 0 heterocycles. The van der Waals surface area contributed by atoms with Crippen LogP contribution in [0.2, 0.25) is 0 Å². The molecule has 2 heteroatoms. The SMILES string of the molecule is CC=C1C(=O)CC(C)(C)CC1=O. The van der Waals surface area contributed by atoms with Gasteiger partial charge in [0, 0.05) is 12.8 Å². The van der Waals surface area contributed by atoms with Crippen molar-refractivity contribution in [3.8, 4) is 0 Å². The normalized spacial score (nSPS) is 22.8. The first-order valence-corrected chi connectivity index (χ1v) is 4.19. The molecule has 0 unspecified atom stereocenters. The summed E-state index contributed by atoms with van der Waals surface area (Å²) in [6, 6.07) is 0. The molecule has 0 radical (unpaired) electrons. The van der Waals surface area contributed by atoms with Crippen LogP contribution in [0.5, 0.6) is 0 Å². The molecule has 1 rings (SSSR count). The van der Waals surface area contributed by atoms with Crippen LogP contribution in [0.3, 0.4) is 0 Å². The first kappa shape index (κ1) is 9.17. The highest BCUT2D eigenvalue weighted by Gasteiger charge is 2.34. The van der Waals surface area contributed by atoms with Crippen molar-refractivity contribution in [2.75, 3.05) is 0 Å². The van der Waals surface area contributed by atoms with Crippen molar-refractivity contribution in [3.05, 3.63) is 11.6 Å². The van der Waals surface area contributed by atoms with E-state index in [4.69, 9.17) is 0 Å². The van der Waals surface area contributed by atoms with Gasteiger partial charge in [-0.15, -0.1) is 0 Å². The molecule has 12 heavy (non-hydrogen) atoms. The molecule has 0 aliphatic heterocycles. The van der Waals surface area contributed by atoms with Crippen molar-refractivity contribution in [2.45, 2.75) is 33.6 Å². The highest BCUT2D eigenvalue weighted by molar-refractivity contribution is 6.22. The third-order valence-corrected chi connectivity index (χ3v) is 2.17. The number of hydrogen-bond donors (Lipinski definition) is 0. The van der Waals surface area contributed by atoms with Crippen molar-refractivity contribution in [1.82, 2.24) is 0 Å². The molecule has 1 aliphatic carbocycles. The van der Waals surface area contributed by atoms with E-state index < -0.39 is 0 Å². The number of hydrogen-bond acceptors (Lipinski definition) is 2. The smallest absolute Gasteiger partial charge is 0.166 e. The Kier molecular flexibility index (Phi) is 2.18. The Morgan fingerprint density at radius 2 is 1.58 bits per heavy atom. The quantitative estimate of drug-likeness (QED) is 0.407. The maximum absolute atomic E-state index is 11.4. The standard InChI is InChI=1S/C10H14O2/c1-4-7-8(11)5-10(2,3)6-9(7)12/h4H,5-6H2,1-3H3. The molecule has 1 fully saturated rings. The van der Waals surface area contributed by atoms with Gasteiger partial charge in [0.2, 0.25) is 0 Å². The fourth-order valence-electron chi connectivity index (χ4n) is 1.60. The Morgan fingerprint density at radius 1 is 1.17 bits per heavy atom. The summed E-state index contributed by atoms with van der Waals surface area (Å²) in [5.74, 6) is -0.00231. The third-order valence-electron chi connectivity index (χ3n) is 2.17. The number of rotatable bonds is 0. The van der Waals surface area contributed by atoms with Gasteiger partial charge in [-0.05, 0) is 12.3 Å². The molecule has 2 nitrogen and oxygen atoms in total. The molecule has 0 atom stereocenters. The zero-order valence-electron chi connectivity index (χ0n) is 7.81. The van der Waals surface area contributed by atoms with Crippen LogP contribution in [0.15, 0.2) is 11.6 Å². The van der Waals surface area contributed by atoms with E-state index in [0.717, 1.165) is 0 Å². The van der Waals surface area contributed by atoms with Gasteiger partial charge in [0.25, 0.3) is 0 Å². The van der Waals surface area contributed by atoms with Crippen LogP contribution >= 0.6 is 0 Å². The van der Waals surface area contributed by atoms with E-state index >= 15 is 0 Å². The van der Waals surface area contributed by atoms with Gasteiger partial charge < -0.3 is 0 Å². The van der Waals surface area contributed by atoms with E-state index in [9.17, 15) is 9.59 Å². The fourth-order valence-corrected chi connectivity index (χ4v) is 1.60. The molecular weight excluding hydrogens is 152 g/mol. The molecule has 0 amide bonds. The summed E-state index contributed by atoms with van der Waals surface area (Å²) in [5.41, 5.74) is 0.259. The minimum absolute atomic E-state index is 0.00116. The second kappa shape index (κ2) is 2.85. The first-order valence-electron chi connectivity index (χ1n) is 4.19. The molecule has 66 valence electrons. The summed E-state index contributed by atoms with van der Waals surface area (Å²) in [7, 11) is 0. The van der Waals surface area contributed by atoms with Gasteiger partial charge in [-0.1, -0.05) is 19.9 Å². The van der Waals surface area contributed by atoms with E-state index in [2.05, 4.69) is 0 Å². The van der Waals surface area contributed by atoms with Crippen LogP contribution in [0.1, 0.15) is 33.6 Å². The van der Waals surface area contributed by atoms with Crippen LogP contribution in [0.4, 0.5) is 0 Å². The van der Waals surface area contributed by atoms with E-state index in [1.807, 2.05) is 13.8 Å². The van der Waals surface area contributed by atoms with E-state index in [1.165, 1.54) is 0 Å². The number of allylic oxidation sites excluding steroid dienone is 2. The largest absolute Gasteiger partial charge is 0.294 e. The average Bonchev–Trinajstić information content (AvgIpc) is 1.82. The highest BCUT2D eigenvalue weighted by atomic mass is 16.1. The van der Waals surface area contributed by atoms with Gasteiger partial charge in [-0.25, -0.2) is 0 Å².